The van der Waals surface area contributed by atoms with Crippen molar-refractivity contribution in [2.24, 2.45) is 5.92 Å². The Hall–Kier alpha value is -1.89. The quantitative estimate of drug-likeness (QED) is 0.703. The lowest BCUT2D eigenvalue weighted by atomic mass is 10.1. The molecule has 0 saturated heterocycles. The minimum Gasteiger partial charge on any atom is -0.481 e. The summed E-state index contributed by atoms with van der Waals surface area (Å²) in [6.07, 6.45) is 6.18. The first-order valence-corrected chi connectivity index (χ1v) is 6.87. The maximum Gasteiger partial charge on any atom is 0.315 e. The normalized spacial score (nSPS) is 21.3. The Labute approximate surface area is 114 Å². The van der Waals surface area contributed by atoms with Gasteiger partial charge in [0.25, 0.3) is 0 Å². The fourth-order valence-electron chi connectivity index (χ4n) is 1.87. The second kappa shape index (κ2) is 6.33. The summed E-state index contributed by atoms with van der Waals surface area (Å²) in [4.78, 5) is 26.5. The predicted molar refractivity (Wildman–Crippen MR) is 71.0 cm³/mol. The number of aliphatic carboxylic acids is 1. The highest BCUT2D eigenvalue weighted by molar-refractivity contribution is 7.09. The number of carboxylic acid groups (broad SMARTS) is 1. The van der Waals surface area contributed by atoms with Crippen LogP contribution >= 0.6 is 11.3 Å². The van der Waals surface area contributed by atoms with Gasteiger partial charge in [-0.2, -0.15) is 0 Å². The van der Waals surface area contributed by atoms with Crippen molar-refractivity contribution in [2.45, 2.75) is 18.9 Å². The number of carboxylic acids is 1. The molecule has 0 radical (unpaired) electrons. The molecule has 1 aromatic rings. The highest BCUT2D eigenvalue weighted by Crippen LogP contribution is 2.17. The number of carbonyl (C=O) groups is 2. The predicted octanol–water partition coefficient (Wildman–Crippen LogP) is 1.01. The first-order chi connectivity index (χ1) is 9.15. The standard InChI is InChI=1S/C12H15N3O3S/c16-11(17)8-1-2-9(7-8)15-12(18)14-4-3-10-13-5-6-19-10/h1-2,5-6,8-9H,3-4,7H2,(H,16,17)(H2,14,15,18). The van der Waals surface area contributed by atoms with Crippen molar-refractivity contribution in [1.29, 1.82) is 0 Å². The van der Waals surface area contributed by atoms with Crippen LogP contribution in [0.1, 0.15) is 11.4 Å². The SMILES string of the molecule is O=C(NCCc1nccs1)NC1C=CC(C(=O)O)C1. The number of aromatic nitrogens is 1. The van der Waals surface area contributed by atoms with Gasteiger partial charge in [0.2, 0.25) is 0 Å². The van der Waals surface area contributed by atoms with Gasteiger partial charge in [-0.1, -0.05) is 12.2 Å². The molecule has 7 heteroatoms. The molecule has 0 spiro atoms. The van der Waals surface area contributed by atoms with E-state index in [1.54, 1.807) is 29.7 Å². The third kappa shape index (κ3) is 4.06. The summed E-state index contributed by atoms with van der Waals surface area (Å²) in [6.45, 7) is 0.512. The molecule has 102 valence electrons. The average Bonchev–Trinajstić information content (AvgIpc) is 3.00. The summed E-state index contributed by atoms with van der Waals surface area (Å²) in [5, 5.41) is 17.2. The summed E-state index contributed by atoms with van der Waals surface area (Å²) < 4.78 is 0. The molecule has 0 aromatic carbocycles. The maximum atomic E-state index is 11.6. The van der Waals surface area contributed by atoms with Crippen molar-refractivity contribution in [3.05, 3.63) is 28.7 Å². The average molecular weight is 281 g/mol. The van der Waals surface area contributed by atoms with Crippen molar-refractivity contribution in [3.8, 4) is 0 Å². The Kier molecular flexibility index (Phi) is 4.51. The van der Waals surface area contributed by atoms with Gasteiger partial charge in [0, 0.05) is 24.5 Å². The number of urea groups is 1. The molecule has 0 saturated carbocycles. The van der Waals surface area contributed by atoms with Crippen LogP contribution in [0.15, 0.2) is 23.7 Å². The van der Waals surface area contributed by atoms with Crippen molar-refractivity contribution in [3.63, 3.8) is 0 Å². The van der Waals surface area contributed by atoms with Crippen molar-refractivity contribution < 1.29 is 14.7 Å². The molecular formula is C12H15N3O3S. The summed E-state index contributed by atoms with van der Waals surface area (Å²) in [6, 6.07) is -0.488. The summed E-state index contributed by atoms with van der Waals surface area (Å²) >= 11 is 1.55. The van der Waals surface area contributed by atoms with E-state index < -0.39 is 11.9 Å². The van der Waals surface area contributed by atoms with E-state index in [0.717, 1.165) is 5.01 Å². The number of carbonyl (C=O) groups excluding carboxylic acids is 1. The molecule has 2 unspecified atom stereocenters. The molecule has 2 rings (SSSR count). The van der Waals surface area contributed by atoms with E-state index in [0.29, 0.717) is 19.4 Å². The van der Waals surface area contributed by atoms with Gasteiger partial charge in [-0.15, -0.1) is 11.3 Å². The lowest BCUT2D eigenvalue weighted by molar-refractivity contribution is -0.140. The van der Waals surface area contributed by atoms with Gasteiger partial charge in [0.15, 0.2) is 0 Å². The minimum absolute atomic E-state index is 0.207. The zero-order valence-corrected chi connectivity index (χ0v) is 11.0. The van der Waals surface area contributed by atoms with Crippen LogP contribution in [-0.2, 0) is 11.2 Å². The van der Waals surface area contributed by atoms with E-state index in [2.05, 4.69) is 15.6 Å². The van der Waals surface area contributed by atoms with E-state index in [9.17, 15) is 9.59 Å². The zero-order chi connectivity index (χ0) is 13.7. The van der Waals surface area contributed by atoms with Crippen LogP contribution < -0.4 is 10.6 Å². The fraction of sp³-hybridized carbons (Fsp3) is 0.417. The number of hydrogen-bond acceptors (Lipinski definition) is 4. The number of amides is 2. The van der Waals surface area contributed by atoms with Crippen LogP contribution in [0, 0.1) is 5.92 Å². The van der Waals surface area contributed by atoms with Crippen LogP contribution in [0.2, 0.25) is 0 Å². The van der Waals surface area contributed by atoms with Crippen LogP contribution in [0.25, 0.3) is 0 Å². The molecule has 2 amide bonds. The van der Waals surface area contributed by atoms with Crippen LogP contribution in [0.3, 0.4) is 0 Å². The third-order valence-corrected chi connectivity index (χ3v) is 3.66. The molecule has 1 aliphatic carbocycles. The first kappa shape index (κ1) is 13.5. The molecule has 1 aliphatic rings. The highest BCUT2D eigenvalue weighted by Gasteiger charge is 2.25. The van der Waals surface area contributed by atoms with Crippen molar-refractivity contribution in [1.82, 2.24) is 15.6 Å². The lowest BCUT2D eigenvalue weighted by Crippen LogP contribution is -2.41. The van der Waals surface area contributed by atoms with Gasteiger partial charge < -0.3 is 15.7 Å². The fourth-order valence-corrected chi connectivity index (χ4v) is 2.49. The molecule has 3 N–H and O–H groups in total. The minimum atomic E-state index is -0.857. The Bertz CT molecular complexity index is 473. The molecule has 2 atom stereocenters. The van der Waals surface area contributed by atoms with Crippen LogP contribution in [-0.4, -0.2) is 34.7 Å². The summed E-state index contributed by atoms with van der Waals surface area (Å²) in [7, 11) is 0. The first-order valence-electron chi connectivity index (χ1n) is 5.99. The monoisotopic (exact) mass is 281 g/mol. The smallest absolute Gasteiger partial charge is 0.315 e. The van der Waals surface area contributed by atoms with E-state index >= 15 is 0 Å². The second-order valence-electron chi connectivity index (χ2n) is 4.25. The van der Waals surface area contributed by atoms with E-state index in [1.807, 2.05) is 5.38 Å². The zero-order valence-electron chi connectivity index (χ0n) is 10.2. The van der Waals surface area contributed by atoms with E-state index in [-0.39, 0.29) is 12.1 Å². The highest BCUT2D eigenvalue weighted by atomic mass is 32.1. The van der Waals surface area contributed by atoms with E-state index in [1.165, 1.54) is 0 Å². The molecule has 1 aromatic heterocycles. The van der Waals surface area contributed by atoms with Gasteiger partial charge >= 0.3 is 12.0 Å². The molecular weight excluding hydrogens is 266 g/mol. The number of hydrogen-bond donors (Lipinski definition) is 3. The van der Waals surface area contributed by atoms with E-state index in [4.69, 9.17) is 5.11 Å². The van der Waals surface area contributed by atoms with Gasteiger partial charge in [0.1, 0.15) is 0 Å². The molecule has 0 bridgehead atoms. The third-order valence-electron chi connectivity index (χ3n) is 2.83. The van der Waals surface area contributed by atoms with Crippen LogP contribution in [0.5, 0.6) is 0 Å². The molecule has 1 heterocycles. The van der Waals surface area contributed by atoms with Crippen molar-refractivity contribution >= 4 is 23.3 Å². The Morgan fingerprint density at radius 2 is 2.32 bits per heavy atom. The van der Waals surface area contributed by atoms with Gasteiger partial charge in [-0.05, 0) is 6.42 Å². The number of rotatable bonds is 5. The number of nitrogens with one attached hydrogen (secondary N) is 2. The molecule has 0 aliphatic heterocycles. The second-order valence-corrected chi connectivity index (χ2v) is 5.23. The Morgan fingerprint density at radius 3 is 2.95 bits per heavy atom. The van der Waals surface area contributed by atoms with Crippen LogP contribution in [0.4, 0.5) is 4.79 Å². The van der Waals surface area contributed by atoms with Crippen molar-refractivity contribution in [2.75, 3.05) is 6.54 Å². The van der Waals surface area contributed by atoms with Gasteiger partial charge in [0.05, 0.1) is 17.0 Å². The molecule has 0 fully saturated rings. The molecule has 19 heavy (non-hydrogen) atoms. The van der Waals surface area contributed by atoms with Gasteiger partial charge in [-0.25, -0.2) is 9.78 Å². The lowest BCUT2D eigenvalue weighted by Gasteiger charge is -2.12. The largest absolute Gasteiger partial charge is 0.481 e. The number of thiazole rings is 1. The summed E-state index contributed by atoms with van der Waals surface area (Å²) in [5.74, 6) is -1.36. The Morgan fingerprint density at radius 1 is 1.47 bits per heavy atom. The number of nitrogens with zero attached hydrogens (tertiary/aromatic N) is 1. The van der Waals surface area contributed by atoms with Gasteiger partial charge in [-0.3, -0.25) is 4.79 Å². The summed E-state index contributed by atoms with van der Waals surface area (Å²) in [5.41, 5.74) is 0. The molecule has 6 nitrogen and oxygen atoms in total. The topological polar surface area (TPSA) is 91.3 Å². The Balaban J connectivity index is 1.65. The maximum absolute atomic E-state index is 11.6.